The maximum absolute atomic E-state index is 14.6. The Morgan fingerprint density at radius 3 is 1.76 bits per heavy atom. The number of primary amides is 2. The maximum atomic E-state index is 14.6. The lowest BCUT2D eigenvalue weighted by atomic mass is 9.95. The predicted octanol–water partition coefficient (Wildman–Crippen LogP) is -3.40. The highest BCUT2D eigenvalue weighted by Gasteiger charge is 2.41. The Kier molecular flexibility index (Phi) is 24.4. The van der Waals surface area contributed by atoms with Crippen LogP contribution in [0, 0.1) is 11.8 Å². The minimum Gasteiger partial charge on any atom is -0.508 e. The van der Waals surface area contributed by atoms with Crippen molar-refractivity contribution in [2.75, 3.05) is 19.7 Å². The first-order valence-electron chi connectivity index (χ1n) is 22.8. The standard InChI is InChI=1S/C44H71N11O13/c1-5-24(4)36(42(65)53-35(23(2)3)41(64)51-30(44(67)68)16-18-34(48)59)54-40(63)32-10-8-20-55(32)43(66)31(21-25-11-13-26(57)14-12-25)52-38(61)28(9-6-7-19-45)50-39(62)29(15-17-33(47)58)49-37(60)27(46)22-56/h11-14,23-24,27-32,35-36,56-57H,5-10,15-22,45-46H2,1-4H3,(H2,47,58)(H2,48,59)(H,49,60)(H,50,62)(H,51,64)(H,52,61)(H,53,65)(H,54,63)(H,67,68)/t24-,27-,28-,29-,30-,31-,32-,35-,36-/m0/s1. The zero-order chi connectivity index (χ0) is 51.2. The Hall–Kier alpha value is -6.40. The van der Waals surface area contributed by atoms with Gasteiger partial charge in [-0.2, -0.15) is 0 Å². The van der Waals surface area contributed by atoms with Gasteiger partial charge in [0.05, 0.1) is 6.61 Å². The Morgan fingerprint density at radius 2 is 1.24 bits per heavy atom. The topological polar surface area (TPSA) is 411 Å². The van der Waals surface area contributed by atoms with Gasteiger partial charge in [-0.15, -0.1) is 0 Å². The number of nitrogens with one attached hydrogen (secondary N) is 6. The fraction of sp³-hybridized carbons (Fsp3) is 0.636. The molecule has 24 heteroatoms. The van der Waals surface area contributed by atoms with Crippen LogP contribution in [0.2, 0.25) is 0 Å². The van der Waals surface area contributed by atoms with Crippen LogP contribution >= 0.6 is 0 Å². The molecule has 1 aliphatic heterocycles. The van der Waals surface area contributed by atoms with Gasteiger partial charge in [-0.25, -0.2) is 4.79 Å². The van der Waals surface area contributed by atoms with Crippen molar-refractivity contribution >= 4 is 59.1 Å². The second kappa shape index (κ2) is 28.7. The Balaban J connectivity index is 2.44. The van der Waals surface area contributed by atoms with Gasteiger partial charge in [0.2, 0.25) is 53.2 Å². The lowest BCUT2D eigenvalue weighted by Crippen LogP contribution is -2.61. The minimum atomic E-state index is -1.48. The highest BCUT2D eigenvalue weighted by molar-refractivity contribution is 5.98. The van der Waals surface area contributed by atoms with Gasteiger partial charge in [0.15, 0.2) is 0 Å². The second-order valence-corrected chi connectivity index (χ2v) is 17.3. The summed E-state index contributed by atoms with van der Waals surface area (Å²) in [4.78, 5) is 133. The lowest BCUT2D eigenvalue weighted by molar-refractivity contribution is -0.143. The van der Waals surface area contributed by atoms with Crippen LogP contribution in [0.1, 0.15) is 97.5 Å². The number of rotatable bonds is 30. The third-order valence-electron chi connectivity index (χ3n) is 11.6. The molecule has 1 fully saturated rings. The van der Waals surface area contributed by atoms with E-state index >= 15 is 0 Å². The molecule has 24 nitrogen and oxygen atoms in total. The van der Waals surface area contributed by atoms with Crippen molar-refractivity contribution in [2.45, 2.75) is 147 Å². The molecular weight excluding hydrogens is 891 g/mol. The molecule has 1 heterocycles. The molecule has 2 rings (SSSR count). The maximum Gasteiger partial charge on any atom is 0.326 e. The molecule has 68 heavy (non-hydrogen) atoms. The molecule has 0 saturated carbocycles. The third kappa shape index (κ3) is 18.7. The number of benzene rings is 1. The molecule has 1 aromatic rings. The fourth-order valence-electron chi connectivity index (χ4n) is 7.33. The number of carbonyl (C=O) groups is 10. The average molecular weight is 962 g/mol. The van der Waals surface area contributed by atoms with Crippen LogP contribution in [0.3, 0.4) is 0 Å². The van der Waals surface area contributed by atoms with Crippen molar-refractivity contribution in [1.29, 1.82) is 0 Å². The number of carboxylic acid groups (broad SMARTS) is 1. The monoisotopic (exact) mass is 962 g/mol. The normalized spacial score (nSPS) is 16.9. The van der Waals surface area contributed by atoms with Crippen LogP contribution in [0.4, 0.5) is 0 Å². The van der Waals surface area contributed by atoms with Crippen molar-refractivity contribution < 1.29 is 63.3 Å². The number of phenolic OH excluding ortho intramolecular Hbond substituents is 1. The largest absolute Gasteiger partial charge is 0.508 e. The first-order chi connectivity index (χ1) is 32.0. The number of aromatic hydroxyl groups is 1. The number of phenols is 1. The molecule has 0 unspecified atom stereocenters. The molecule has 17 N–H and O–H groups in total. The van der Waals surface area contributed by atoms with E-state index in [9.17, 15) is 63.3 Å². The molecule has 0 aliphatic carbocycles. The zero-order valence-electron chi connectivity index (χ0n) is 39.2. The van der Waals surface area contributed by atoms with Gasteiger partial charge in [0.1, 0.15) is 54.1 Å². The van der Waals surface area contributed by atoms with Crippen molar-refractivity contribution in [3.05, 3.63) is 29.8 Å². The van der Waals surface area contributed by atoms with Crippen LogP contribution in [-0.4, -0.2) is 147 Å². The summed E-state index contributed by atoms with van der Waals surface area (Å²) in [5.74, 6) is -9.70. The van der Waals surface area contributed by atoms with Gasteiger partial charge in [0, 0.05) is 25.8 Å². The van der Waals surface area contributed by atoms with Gasteiger partial charge in [-0.1, -0.05) is 46.2 Å². The van der Waals surface area contributed by atoms with Crippen molar-refractivity contribution in [3.8, 4) is 5.75 Å². The molecular formula is C44H71N11O13. The highest BCUT2D eigenvalue weighted by atomic mass is 16.4. The summed E-state index contributed by atoms with van der Waals surface area (Å²) < 4.78 is 0. The Labute approximate surface area is 395 Å². The summed E-state index contributed by atoms with van der Waals surface area (Å²) >= 11 is 0. The van der Waals surface area contributed by atoms with Gasteiger partial charge >= 0.3 is 5.97 Å². The van der Waals surface area contributed by atoms with E-state index in [4.69, 9.17) is 22.9 Å². The van der Waals surface area contributed by atoms with Gasteiger partial charge in [0.25, 0.3) is 0 Å². The average Bonchev–Trinajstić information content (AvgIpc) is 3.79. The summed E-state index contributed by atoms with van der Waals surface area (Å²) in [6, 6.07) is -4.77. The number of aliphatic carboxylic acids is 1. The van der Waals surface area contributed by atoms with E-state index in [0.29, 0.717) is 31.2 Å². The van der Waals surface area contributed by atoms with Crippen molar-refractivity contribution in [2.24, 2.45) is 34.8 Å². The number of amides is 9. The number of carbonyl (C=O) groups excluding carboxylic acids is 9. The number of hydrogen-bond donors (Lipinski definition) is 13. The number of nitrogens with two attached hydrogens (primary N) is 4. The number of hydrogen-bond acceptors (Lipinski definition) is 14. The van der Waals surface area contributed by atoms with Crippen LogP contribution in [0.15, 0.2) is 24.3 Å². The highest BCUT2D eigenvalue weighted by Crippen LogP contribution is 2.22. The summed E-state index contributed by atoms with van der Waals surface area (Å²) in [7, 11) is 0. The molecule has 0 spiro atoms. The van der Waals surface area contributed by atoms with E-state index in [1.165, 1.54) is 29.2 Å². The first-order valence-corrected chi connectivity index (χ1v) is 22.8. The summed E-state index contributed by atoms with van der Waals surface area (Å²) in [6.07, 6.45) is 0.353. The van der Waals surface area contributed by atoms with Crippen molar-refractivity contribution in [1.82, 2.24) is 36.8 Å². The number of aliphatic hydroxyl groups is 1. The van der Waals surface area contributed by atoms with Crippen LogP contribution in [0.5, 0.6) is 5.75 Å². The van der Waals surface area contributed by atoms with E-state index in [2.05, 4.69) is 31.9 Å². The van der Waals surface area contributed by atoms with Crippen LogP contribution in [-0.2, 0) is 54.4 Å². The number of likely N-dealkylation sites (tertiary alicyclic amines) is 1. The van der Waals surface area contributed by atoms with E-state index in [-0.39, 0.29) is 63.8 Å². The number of nitrogens with zero attached hydrogens (tertiary/aromatic N) is 1. The minimum absolute atomic E-state index is 0.0180. The second-order valence-electron chi connectivity index (χ2n) is 17.3. The molecule has 9 amide bonds. The number of carboxylic acids is 1. The van der Waals surface area contributed by atoms with Crippen LogP contribution in [0.25, 0.3) is 0 Å². The van der Waals surface area contributed by atoms with E-state index in [1.807, 2.05) is 0 Å². The Bertz CT molecular complexity index is 1920. The number of unbranched alkanes of at least 4 members (excludes halogenated alkanes) is 1. The molecule has 0 aromatic heterocycles. The molecule has 1 saturated heterocycles. The SMILES string of the molecule is CC[C@H](C)[C@H](NC(=O)[C@@H]1CCCN1C(=O)[C@H](Cc1ccc(O)cc1)NC(=O)[C@H](CCCCN)NC(=O)[C@H](CCC(N)=O)NC(=O)[C@@H](N)CO)C(=O)N[C@H](C(=O)N[C@@H](CCC(N)=O)C(=O)O)C(C)C. The van der Waals surface area contributed by atoms with Gasteiger partial charge < -0.3 is 75.1 Å². The molecule has 1 aliphatic rings. The van der Waals surface area contributed by atoms with Gasteiger partial charge in [-0.3, -0.25) is 43.2 Å². The zero-order valence-corrected chi connectivity index (χ0v) is 39.2. The van der Waals surface area contributed by atoms with Crippen LogP contribution < -0.4 is 54.8 Å². The molecule has 0 radical (unpaired) electrons. The van der Waals surface area contributed by atoms with Gasteiger partial charge in [-0.05, 0) is 81.0 Å². The quantitative estimate of drug-likeness (QED) is 0.0334. The molecule has 0 bridgehead atoms. The molecule has 9 atom stereocenters. The third-order valence-corrected chi connectivity index (χ3v) is 11.6. The summed E-state index contributed by atoms with van der Waals surface area (Å²) in [5, 5.41) is 44.3. The van der Waals surface area contributed by atoms with E-state index in [1.54, 1.807) is 27.7 Å². The van der Waals surface area contributed by atoms with E-state index in [0.717, 1.165) is 0 Å². The number of aliphatic hydroxyl groups excluding tert-OH is 1. The Morgan fingerprint density at radius 1 is 0.706 bits per heavy atom. The fourth-order valence-corrected chi connectivity index (χ4v) is 7.33. The summed E-state index contributed by atoms with van der Waals surface area (Å²) in [6.45, 7) is 6.28. The van der Waals surface area contributed by atoms with E-state index < -0.39 is 126 Å². The summed E-state index contributed by atoms with van der Waals surface area (Å²) in [5.41, 5.74) is 22.3. The molecule has 380 valence electrons. The predicted molar refractivity (Wildman–Crippen MR) is 245 cm³/mol. The van der Waals surface area contributed by atoms with Crippen molar-refractivity contribution in [3.63, 3.8) is 0 Å². The lowest BCUT2D eigenvalue weighted by Gasteiger charge is -2.32. The smallest absolute Gasteiger partial charge is 0.326 e. The molecule has 1 aromatic carbocycles. The first kappa shape index (κ1) is 57.7.